The number of nitrogens with two attached hydrogens (primary N) is 1. The van der Waals surface area contributed by atoms with E-state index in [9.17, 15) is 5.11 Å². The van der Waals surface area contributed by atoms with Crippen molar-refractivity contribution in [1.29, 1.82) is 0 Å². The van der Waals surface area contributed by atoms with Gasteiger partial charge in [0, 0.05) is 12.7 Å². The summed E-state index contributed by atoms with van der Waals surface area (Å²) in [5.41, 5.74) is 7.09. The van der Waals surface area contributed by atoms with Crippen LogP contribution in [0.3, 0.4) is 0 Å². The maximum absolute atomic E-state index is 9.29. The zero-order valence-electron chi connectivity index (χ0n) is 7.70. The molecular formula is C9H15N3O. The molecule has 1 atom stereocenters. The molecule has 1 unspecified atom stereocenters. The second-order valence-electron chi connectivity index (χ2n) is 2.91. The van der Waals surface area contributed by atoms with Gasteiger partial charge in [-0.1, -0.05) is 6.92 Å². The second kappa shape index (κ2) is 4.67. The summed E-state index contributed by atoms with van der Waals surface area (Å²) in [5, 5.41) is 12.3. The Balaban J connectivity index is 2.50. The molecule has 0 radical (unpaired) electrons. The minimum Gasteiger partial charge on any atom is -0.397 e. The van der Waals surface area contributed by atoms with E-state index in [0.717, 1.165) is 12.1 Å². The summed E-state index contributed by atoms with van der Waals surface area (Å²) < 4.78 is 0. The van der Waals surface area contributed by atoms with Crippen molar-refractivity contribution in [2.75, 3.05) is 17.6 Å². The number of rotatable bonds is 4. The van der Waals surface area contributed by atoms with Gasteiger partial charge >= 0.3 is 0 Å². The van der Waals surface area contributed by atoms with Crippen LogP contribution < -0.4 is 11.1 Å². The molecule has 1 rings (SSSR count). The standard InChI is InChI=1S/C9H15N3O/c1-2-7(13)5-12-9-6-11-4-3-8(9)10/h3-4,6-7,12-13H,2,5H2,1H3,(H2,10,11). The highest BCUT2D eigenvalue weighted by molar-refractivity contribution is 5.64. The predicted octanol–water partition coefficient (Wildman–Crippen LogP) is 0.847. The number of nitrogens with one attached hydrogen (secondary N) is 1. The molecule has 0 spiro atoms. The Bertz CT molecular complexity index is 265. The summed E-state index contributed by atoms with van der Waals surface area (Å²) >= 11 is 0. The quantitative estimate of drug-likeness (QED) is 0.644. The molecule has 72 valence electrons. The normalized spacial score (nSPS) is 12.5. The molecule has 0 saturated carbocycles. The lowest BCUT2D eigenvalue weighted by atomic mass is 10.2. The number of nitrogens with zero attached hydrogens (tertiary/aromatic N) is 1. The number of aliphatic hydroxyl groups excluding tert-OH is 1. The van der Waals surface area contributed by atoms with Gasteiger partial charge < -0.3 is 16.2 Å². The van der Waals surface area contributed by atoms with Crippen molar-refractivity contribution in [3.8, 4) is 0 Å². The molecule has 1 aromatic rings. The molecule has 0 saturated heterocycles. The van der Waals surface area contributed by atoms with Crippen molar-refractivity contribution in [3.05, 3.63) is 18.5 Å². The van der Waals surface area contributed by atoms with Gasteiger partial charge in [-0.15, -0.1) is 0 Å². The molecule has 13 heavy (non-hydrogen) atoms. The van der Waals surface area contributed by atoms with Gasteiger partial charge in [0.25, 0.3) is 0 Å². The summed E-state index contributed by atoms with van der Waals surface area (Å²) in [6.45, 7) is 2.44. The van der Waals surface area contributed by atoms with Crippen molar-refractivity contribution in [3.63, 3.8) is 0 Å². The van der Waals surface area contributed by atoms with Crippen LogP contribution in [0.4, 0.5) is 11.4 Å². The SMILES string of the molecule is CCC(O)CNc1cnccc1N. The van der Waals surface area contributed by atoms with Gasteiger partial charge in [-0.05, 0) is 12.5 Å². The molecule has 0 fully saturated rings. The van der Waals surface area contributed by atoms with E-state index in [4.69, 9.17) is 5.73 Å². The minimum absolute atomic E-state index is 0.334. The zero-order valence-corrected chi connectivity index (χ0v) is 7.70. The third kappa shape index (κ3) is 2.91. The summed E-state index contributed by atoms with van der Waals surface area (Å²) in [7, 11) is 0. The predicted molar refractivity (Wildman–Crippen MR) is 53.4 cm³/mol. The fraction of sp³-hybridized carbons (Fsp3) is 0.444. The molecule has 0 bridgehead atoms. The largest absolute Gasteiger partial charge is 0.397 e. The van der Waals surface area contributed by atoms with Crippen molar-refractivity contribution in [1.82, 2.24) is 4.98 Å². The number of pyridine rings is 1. The Morgan fingerprint density at radius 1 is 1.69 bits per heavy atom. The van der Waals surface area contributed by atoms with E-state index in [1.54, 1.807) is 18.5 Å². The molecule has 4 nitrogen and oxygen atoms in total. The van der Waals surface area contributed by atoms with Gasteiger partial charge in [0.15, 0.2) is 0 Å². The maximum Gasteiger partial charge on any atom is 0.0761 e. The highest BCUT2D eigenvalue weighted by Crippen LogP contribution is 2.14. The topological polar surface area (TPSA) is 71.2 Å². The lowest BCUT2D eigenvalue weighted by molar-refractivity contribution is 0.183. The van der Waals surface area contributed by atoms with Gasteiger partial charge in [0.05, 0.1) is 23.7 Å². The lowest BCUT2D eigenvalue weighted by Gasteiger charge is -2.11. The van der Waals surface area contributed by atoms with Crippen molar-refractivity contribution >= 4 is 11.4 Å². The second-order valence-corrected chi connectivity index (χ2v) is 2.91. The Labute approximate surface area is 77.8 Å². The van der Waals surface area contributed by atoms with E-state index >= 15 is 0 Å². The number of hydrogen-bond acceptors (Lipinski definition) is 4. The van der Waals surface area contributed by atoms with Crippen LogP contribution in [0.15, 0.2) is 18.5 Å². The Hall–Kier alpha value is -1.29. The fourth-order valence-electron chi connectivity index (χ4n) is 0.925. The first-order chi connectivity index (χ1) is 6.24. The van der Waals surface area contributed by atoms with E-state index in [1.165, 1.54) is 0 Å². The third-order valence-electron chi connectivity index (χ3n) is 1.85. The number of aliphatic hydroxyl groups is 1. The number of hydrogen-bond donors (Lipinski definition) is 3. The molecule has 0 amide bonds. The average Bonchev–Trinajstić information content (AvgIpc) is 2.16. The monoisotopic (exact) mass is 181 g/mol. The van der Waals surface area contributed by atoms with E-state index < -0.39 is 0 Å². The molecule has 0 aliphatic heterocycles. The first-order valence-electron chi connectivity index (χ1n) is 4.35. The van der Waals surface area contributed by atoms with Crippen LogP contribution >= 0.6 is 0 Å². The Kier molecular flexibility index (Phi) is 3.52. The number of aromatic nitrogens is 1. The molecule has 4 N–H and O–H groups in total. The first-order valence-corrected chi connectivity index (χ1v) is 4.35. The van der Waals surface area contributed by atoms with Crippen molar-refractivity contribution in [2.45, 2.75) is 19.4 Å². The molecule has 4 heteroatoms. The summed E-state index contributed by atoms with van der Waals surface area (Å²) in [6, 6.07) is 1.72. The molecule has 0 aliphatic carbocycles. The summed E-state index contributed by atoms with van der Waals surface area (Å²) in [5.74, 6) is 0. The van der Waals surface area contributed by atoms with Crippen LogP contribution in [0.2, 0.25) is 0 Å². The number of anilines is 2. The van der Waals surface area contributed by atoms with Gasteiger partial charge in [-0.25, -0.2) is 0 Å². The smallest absolute Gasteiger partial charge is 0.0761 e. The fourth-order valence-corrected chi connectivity index (χ4v) is 0.925. The zero-order chi connectivity index (χ0) is 9.68. The van der Waals surface area contributed by atoms with Crippen LogP contribution in [-0.4, -0.2) is 22.7 Å². The Morgan fingerprint density at radius 3 is 3.08 bits per heavy atom. The van der Waals surface area contributed by atoms with E-state index in [2.05, 4.69) is 10.3 Å². The Morgan fingerprint density at radius 2 is 2.46 bits per heavy atom. The van der Waals surface area contributed by atoms with Crippen molar-refractivity contribution in [2.24, 2.45) is 0 Å². The van der Waals surface area contributed by atoms with Crippen LogP contribution in [0, 0.1) is 0 Å². The van der Waals surface area contributed by atoms with E-state index in [0.29, 0.717) is 12.2 Å². The van der Waals surface area contributed by atoms with Crippen molar-refractivity contribution < 1.29 is 5.11 Å². The molecule has 0 aromatic carbocycles. The molecular weight excluding hydrogens is 166 g/mol. The van der Waals surface area contributed by atoms with Crippen LogP contribution in [0.25, 0.3) is 0 Å². The van der Waals surface area contributed by atoms with Crippen LogP contribution in [0.5, 0.6) is 0 Å². The first kappa shape index (κ1) is 9.80. The van der Waals surface area contributed by atoms with Gasteiger partial charge in [-0.2, -0.15) is 0 Å². The minimum atomic E-state index is -0.334. The highest BCUT2D eigenvalue weighted by atomic mass is 16.3. The molecule has 1 heterocycles. The summed E-state index contributed by atoms with van der Waals surface area (Å²) in [6.07, 6.45) is 3.68. The van der Waals surface area contributed by atoms with Gasteiger partial charge in [0.2, 0.25) is 0 Å². The van der Waals surface area contributed by atoms with E-state index in [-0.39, 0.29) is 6.10 Å². The number of nitrogen functional groups attached to an aromatic ring is 1. The van der Waals surface area contributed by atoms with E-state index in [1.807, 2.05) is 6.92 Å². The van der Waals surface area contributed by atoms with Crippen LogP contribution in [0.1, 0.15) is 13.3 Å². The lowest BCUT2D eigenvalue weighted by Crippen LogP contribution is -2.18. The van der Waals surface area contributed by atoms with Gasteiger partial charge in [0.1, 0.15) is 0 Å². The maximum atomic E-state index is 9.29. The van der Waals surface area contributed by atoms with Gasteiger partial charge in [-0.3, -0.25) is 4.98 Å². The average molecular weight is 181 g/mol. The molecule has 0 aliphatic rings. The summed E-state index contributed by atoms with van der Waals surface area (Å²) in [4.78, 5) is 3.93. The van der Waals surface area contributed by atoms with Crippen LogP contribution in [-0.2, 0) is 0 Å². The highest BCUT2D eigenvalue weighted by Gasteiger charge is 2.01. The molecule has 1 aromatic heterocycles. The third-order valence-corrected chi connectivity index (χ3v) is 1.85.